The van der Waals surface area contributed by atoms with Crippen molar-refractivity contribution < 1.29 is 4.79 Å². The summed E-state index contributed by atoms with van der Waals surface area (Å²) in [7, 11) is 0. The predicted octanol–water partition coefficient (Wildman–Crippen LogP) is 4.45. The molecular formula is C11H9BrCl2N2OS. The first-order chi connectivity index (χ1) is 8.43. The molecule has 0 aliphatic carbocycles. The molecule has 0 saturated heterocycles. The number of hydrogen-bond acceptors (Lipinski definition) is 4. The van der Waals surface area contributed by atoms with E-state index in [-0.39, 0.29) is 16.5 Å². The summed E-state index contributed by atoms with van der Waals surface area (Å²) in [5.41, 5.74) is 2.12. The fourth-order valence-corrected chi connectivity index (χ4v) is 3.38. The van der Waals surface area contributed by atoms with E-state index in [2.05, 4.69) is 24.7 Å². The minimum absolute atomic E-state index is 0.0462. The van der Waals surface area contributed by atoms with Crippen molar-refractivity contribution in [3.8, 4) is 0 Å². The van der Waals surface area contributed by atoms with Gasteiger partial charge in [-0.05, 0) is 13.0 Å². The van der Waals surface area contributed by atoms with Crippen LogP contribution in [-0.4, -0.2) is 19.4 Å². The van der Waals surface area contributed by atoms with Gasteiger partial charge in [-0.15, -0.1) is 0 Å². The number of Topliss-reactive ketones (excluding diaryl/α,β-unsaturated/α-hetero) is 1. The van der Waals surface area contributed by atoms with E-state index in [1.165, 1.54) is 6.92 Å². The van der Waals surface area contributed by atoms with Gasteiger partial charge in [0.05, 0.1) is 21.6 Å². The van der Waals surface area contributed by atoms with E-state index in [1.807, 2.05) is 6.92 Å². The molecule has 2 unspecified atom stereocenters. The van der Waals surface area contributed by atoms with Gasteiger partial charge in [-0.1, -0.05) is 46.1 Å². The number of nitrogens with zero attached hydrogens (tertiary/aromatic N) is 2. The predicted molar refractivity (Wildman–Crippen MR) is 79.2 cm³/mol. The van der Waals surface area contributed by atoms with E-state index in [0.717, 1.165) is 17.3 Å². The minimum atomic E-state index is -0.305. The highest BCUT2D eigenvalue weighted by Crippen LogP contribution is 2.38. The van der Waals surface area contributed by atoms with Crippen molar-refractivity contribution in [2.75, 3.05) is 0 Å². The largest absolute Gasteiger partial charge is 0.299 e. The number of hydrogen-bond donors (Lipinski definition) is 0. The molecule has 0 spiro atoms. The zero-order valence-electron chi connectivity index (χ0n) is 9.58. The second-order valence-electron chi connectivity index (χ2n) is 4.02. The molecule has 96 valence electrons. The van der Waals surface area contributed by atoms with Crippen molar-refractivity contribution in [2.24, 2.45) is 0 Å². The number of aromatic nitrogens is 2. The molecule has 0 amide bonds. The van der Waals surface area contributed by atoms with E-state index in [9.17, 15) is 4.79 Å². The molecule has 0 aliphatic heterocycles. The smallest absolute Gasteiger partial charge is 0.144 e. The summed E-state index contributed by atoms with van der Waals surface area (Å²) in [6.07, 6.45) is 0. The molecule has 1 heterocycles. The molecule has 0 bridgehead atoms. The first-order valence-corrected chi connectivity index (χ1v) is 7.58. The van der Waals surface area contributed by atoms with Gasteiger partial charge in [-0.2, -0.15) is 8.75 Å². The first kappa shape index (κ1) is 14.2. The SMILES string of the molecule is CC(=O)C(Br)C(C)c1c(Cl)cc(Cl)c2nsnc12. The lowest BCUT2D eigenvalue weighted by atomic mass is 9.94. The number of ketones is 1. The molecular weight excluding hydrogens is 359 g/mol. The van der Waals surface area contributed by atoms with Crippen LogP contribution in [0.1, 0.15) is 25.3 Å². The maximum absolute atomic E-state index is 11.5. The molecule has 0 saturated carbocycles. The molecule has 0 fully saturated rings. The monoisotopic (exact) mass is 366 g/mol. The molecule has 0 aliphatic rings. The van der Waals surface area contributed by atoms with Crippen LogP contribution in [0.4, 0.5) is 0 Å². The standard InChI is InChI=1S/C11H9BrCl2N2OS/c1-4(9(12)5(2)17)8-6(13)3-7(14)10-11(8)16-18-15-10/h3-4,9H,1-2H3. The van der Waals surface area contributed by atoms with Crippen molar-refractivity contribution in [1.29, 1.82) is 0 Å². The lowest BCUT2D eigenvalue weighted by Gasteiger charge is -2.18. The summed E-state index contributed by atoms with van der Waals surface area (Å²) < 4.78 is 8.38. The Morgan fingerprint density at radius 2 is 1.94 bits per heavy atom. The highest BCUT2D eigenvalue weighted by molar-refractivity contribution is 9.10. The minimum Gasteiger partial charge on any atom is -0.299 e. The Labute approximate surface area is 127 Å². The van der Waals surface area contributed by atoms with Crippen molar-refractivity contribution in [3.05, 3.63) is 21.7 Å². The van der Waals surface area contributed by atoms with Gasteiger partial charge in [0, 0.05) is 16.5 Å². The van der Waals surface area contributed by atoms with Gasteiger partial charge in [-0.3, -0.25) is 4.79 Å². The summed E-state index contributed by atoms with van der Waals surface area (Å²) in [5, 5.41) is 0.993. The van der Waals surface area contributed by atoms with E-state index < -0.39 is 0 Å². The number of carbonyl (C=O) groups is 1. The normalized spacial score (nSPS) is 14.7. The second-order valence-corrected chi connectivity index (χ2v) is 6.35. The third-order valence-corrected chi connectivity index (χ3v) is 5.33. The molecule has 7 heteroatoms. The zero-order valence-corrected chi connectivity index (χ0v) is 13.5. The molecule has 18 heavy (non-hydrogen) atoms. The van der Waals surface area contributed by atoms with E-state index in [1.54, 1.807) is 6.07 Å². The molecule has 2 rings (SSSR count). The Kier molecular flexibility index (Phi) is 4.26. The number of carbonyl (C=O) groups excluding carboxylic acids is 1. The summed E-state index contributed by atoms with van der Waals surface area (Å²) in [6, 6.07) is 1.65. The quantitative estimate of drug-likeness (QED) is 0.752. The number of rotatable bonds is 3. The van der Waals surface area contributed by atoms with Gasteiger partial charge in [0.15, 0.2) is 0 Å². The van der Waals surface area contributed by atoms with Crippen molar-refractivity contribution in [2.45, 2.75) is 24.6 Å². The number of halogens is 3. The molecule has 2 atom stereocenters. The Hall–Kier alpha value is -0.230. The Morgan fingerprint density at radius 3 is 2.56 bits per heavy atom. The summed E-state index contributed by atoms with van der Waals surface area (Å²) >= 11 is 16.8. The Balaban J connectivity index is 2.63. The maximum atomic E-state index is 11.5. The molecule has 3 nitrogen and oxygen atoms in total. The molecule has 2 aromatic rings. The molecule has 0 radical (unpaired) electrons. The summed E-state index contributed by atoms with van der Waals surface area (Å²) in [6.45, 7) is 3.46. The van der Waals surface area contributed by atoms with Crippen LogP contribution in [0.25, 0.3) is 11.0 Å². The van der Waals surface area contributed by atoms with Gasteiger partial charge >= 0.3 is 0 Å². The summed E-state index contributed by atoms with van der Waals surface area (Å²) in [4.78, 5) is 11.2. The van der Waals surface area contributed by atoms with Crippen LogP contribution in [0.3, 0.4) is 0 Å². The van der Waals surface area contributed by atoms with E-state index in [4.69, 9.17) is 23.2 Å². The maximum Gasteiger partial charge on any atom is 0.144 e. The molecule has 1 aromatic heterocycles. The Bertz CT molecular complexity index is 616. The topological polar surface area (TPSA) is 42.9 Å². The van der Waals surface area contributed by atoms with Crippen molar-refractivity contribution in [1.82, 2.24) is 8.75 Å². The summed E-state index contributed by atoms with van der Waals surface area (Å²) in [5.74, 6) is -0.0523. The van der Waals surface area contributed by atoms with Crippen LogP contribution < -0.4 is 0 Å². The van der Waals surface area contributed by atoms with E-state index >= 15 is 0 Å². The van der Waals surface area contributed by atoms with Crippen LogP contribution in [0.2, 0.25) is 10.0 Å². The van der Waals surface area contributed by atoms with Crippen LogP contribution >= 0.6 is 50.9 Å². The molecule has 1 aromatic carbocycles. The van der Waals surface area contributed by atoms with Gasteiger partial charge in [-0.25, -0.2) is 0 Å². The number of alkyl halides is 1. The second kappa shape index (κ2) is 5.41. The van der Waals surface area contributed by atoms with Crippen LogP contribution in [0.5, 0.6) is 0 Å². The first-order valence-electron chi connectivity index (χ1n) is 5.18. The average Bonchev–Trinajstić information content (AvgIpc) is 2.76. The van der Waals surface area contributed by atoms with Gasteiger partial charge in [0.2, 0.25) is 0 Å². The van der Waals surface area contributed by atoms with Crippen LogP contribution in [0.15, 0.2) is 6.07 Å². The zero-order chi connectivity index (χ0) is 13.4. The van der Waals surface area contributed by atoms with Crippen LogP contribution in [-0.2, 0) is 4.79 Å². The van der Waals surface area contributed by atoms with Crippen molar-refractivity contribution in [3.63, 3.8) is 0 Å². The fourth-order valence-electron chi connectivity index (χ4n) is 1.82. The van der Waals surface area contributed by atoms with Crippen LogP contribution in [0, 0.1) is 0 Å². The highest BCUT2D eigenvalue weighted by atomic mass is 79.9. The number of fused-ring (bicyclic) bond motifs is 1. The lowest BCUT2D eigenvalue weighted by Crippen LogP contribution is -2.18. The fraction of sp³-hybridized carbons (Fsp3) is 0.364. The number of benzene rings is 1. The van der Waals surface area contributed by atoms with Gasteiger partial charge < -0.3 is 0 Å². The molecule has 0 N–H and O–H groups in total. The average molecular weight is 368 g/mol. The van der Waals surface area contributed by atoms with Crippen molar-refractivity contribution >= 4 is 67.7 Å². The third kappa shape index (κ3) is 2.41. The van der Waals surface area contributed by atoms with E-state index in [0.29, 0.717) is 21.1 Å². The lowest BCUT2D eigenvalue weighted by molar-refractivity contribution is -0.116. The third-order valence-electron chi connectivity index (χ3n) is 2.76. The highest BCUT2D eigenvalue weighted by Gasteiger charge is 2.26. The van der Waals surface area contributed by atoms with Gasteiger partial charge in [0.1, 0.15) is 16.8 Å². The Morgan fingerprint density at radius 1 is 1.33 bits per heavy atom. The van der Waals surface area contributed by atoms with Gasteiger partial charge in [0.25, 0.3) is 0 Å².